The maximum Gasteiger partial charge on any atom is 0.303 e. The van der Waals surface area contributed by atoms with E-state index in [0.29, 0.717) is 17.8 Å². The number of amides is 1. The maximum atomic E-state index is 12.2. The van der Waals surface area contributed by atoms with Crippen LogP contribution in [-0.4, -0.2) is 32.9 Å². The summed E-state index contributed by atoms with van der Waals surface area (Å²) in [5, 5.41) is 11.4. The first-order valence-electron chi connectivity index (χ1n) is 7.60. The molecule has 3 aromatic rings. The van der Waals surface area contributed by atoms with E-state index in [1.165, 1.54) is 11.3 Å². The van der Waals surface area contributed by atoms with E-state index < -0.39 is 5.97 Å². The van der Waals surface area contributed by atoms with Crippen LogP contribution in [0.4, 0.5) is 0 Å². The lowest BCUT2D eigenvalue weighted by atomic mass is 10.2. The molecule has 2 heterocycles. The number of aliphatic carboxylic acids is 1. The predicted octanol–water partition coefficient (Wildman–Crippen LogP) is 2.97. The predicted molar refractivity (Wildman–Crippen MR) is 92.4 cm³/mol. The summed E-state index contributed by atoms with van der Waals surface area (Å²) >= 11 is 1.34. The van der Waals surface area contributed by atoms with Crippen LogP contribution < -0.4 is 5.32 Å². The van der Waals surface area contributed by atoms with Crippen LogP contribution in [-0.2, 0) is 4.79 Å². The number of thiazole rings is 1. The molecule has 0 bridgehead atoms. The Bertz CT molecular complexity index is 883. The van der Waals surface area contributed by atoms with E-state index in [0.717, 1.165) is 21.9 Å². The first kappa shape index (κ1) is 16.2. The van der Waals surface area contributed by atoms with E-state index in [9.17, 15) is 9.59 Å². The molecule has 2 aromatic heterocycles. The Balaban J connectivity index is 1.76. The van der Waals surface area contributed by atoms with Gasteiger partial charge in [0, 0.05) is 30.4 Å². The van der Waals surface area contributed by atoms with Gasteiger partial charge in [0.2, 0.25) is 0 Å². The lowest BCUT2D eigenvalue weighted by Crippen LogP contribution is -2.24. The second-order valence-electron chi connectivity index (χ2n) is 5.41. The second kappa shape index (κ2) is 6.84. The standard InChI is InChI=1S/C17H17N3O3S/c1-11-15(16(23)18-9-5-8-14(21)22)24-17-19-13(10-20(11)17)12-6-3-2-4-7-12/h2-4,6-7,10H,5,8-9H2,1H3,(H,18,23)(H,21,22). The summed E-state index contributed by atoms with van der Waals surface area (Å²) in [6.07, 6.45) is 2.39. The Morgan fingerprint density at radius 3 is 2.71 bits per heavy atom. The summed E-state index contributed by atoms with van der Waals surface area (Å²) in [5.74, 6) is -1.04. The fourth-order valence-electron chi connectivity index (χ4n) is 2.43. The minimum absolute atomic E-state index is 0.0491. The molecular weight excluding hydrogens is 326 g/mol. The van der Waals surface area contributed by atoms with E-state index in [2.05, 4.69) is 10.3 Å². The third-order valence-corrected chi connectivity index (χ3v) is 4.84. The average Bonchev–Trinajstić information content (AvgIpc) is 3.12. The summed E-state index contributed by atoms with van der Waals surface area (Å²) in [6.45, 7) is 2.23. The number of hydrogen-bond acceptors (Lipinski definition) is 4. The van der Waals surface area contributed by atoms with Gasteiger partial charge in [0.05, 0.1) is 5.69 Å². The molecule has 0 aliphatic rings. The van der Waals surface area contributed by atoms with Crippen molar-refractivity contribution in [3.8, 4) is 11.3 Å². The van der Waals surface area contributed by atoms with E-state index in [4.69, 9.17) is 5.11 Å². The zero-order valence-corrected chi connectivity index (χ0v) is 14.0. The first-order valence-corrected chi connectivity index (χ1v) is 8.42. The minimum atomic E-state index is -0.858. The topological polar surface area (TPSA) is 83.7 Å². The number of carbonyl (C=O) groups excluding carboxylic acids is 1. The SMILES string of the molecule is Cc1c(C(=O)NCCCC(=O)O)sc2nc(-c3ccccc3)cn12. The van der Waals surface area contributed by atoms with Crippen molar-refractivity contribution in [3.05, 3.63) is 47.1 Å². The summed E-state index contributed by atoms with van der Waals surface area (Å²) < 4.78 is 1.92. The Morgan fingerprint density at radius 2 is 2.04 bits per heavy atom. The second-order valence-corrected chi connectivity index (χ2v) is 6.39. The molecule has 0 fully saturated rings. The number of benzene rings is 1. The van der Waals surface area contributed by atoms with Crippen molar-refractivity contribution in [1.82, 2.24) is 14.7 Å². The third-order valence-electron chi connectivity index (χ3n) is 3.69. The highest BCUT2D eigenvalue weighted by Gasteiger charge is 2.17. The van der Waals surface area contributed by atoms with E-state index in [-0.39, 0.29) is 12.3 Å². The van der Waals surface area contributed by atoms with Crippen molar-refractivity contribution >= 4 is 28.2 Å². The van der Waals surface area contributed by atoms with Gasteiger partial charge in [0.25, 0.3) is 5.91 Å². The largest absolute Gasteiger partial charge is 0.481 e. The van der Waals surface area contributed by atoms with Gasteiger partial charge in [-0.05, 0) is 13.3 Å². The molecule has 2 N–H and O–H groups in total. The van der Waals surface area contributed by atoms with Gasteiger partial charge in [-0.2, -0.15) is 0 Å². The fraction of sp³-hybridized carbons (Fsp3) is 0.235. The molecular formula is C17H17N3O3S. The van der Waals surface area contributed by atoms with Crippen LogP contribution in [0.5, 0.6) is 0 Å². The number of carboxylic acid groups (broad SMARTS) is 1. The lowest BCUT2D eigenvalue weighted by molar-refractivity contribution is -0.137. The molecule has 0 unspecified atom stereocenters. The Labute approximate surface area is 142 Å². The fourth-order valence-corrected chi connectivity index (χ4v) is 3.46. The molecule has 0 radical (unpaired) electrons. The van der Waals surface area contributed by atoms with Crippen LogP contribution in [0.3, 0.4) is 0 Å². The molecule has 24 heavy (non-hydrogen) atoms. The van der Waals surface area contributed by atoms with Crippen LogP contribution in [0.15, 0.2) is 36.5 Å². The van der Waals surface area contributed by atoms with Gasteiger partial charge >= 0.3 is 5.97 Å². The number of imidazole rings is 1. The van der Waals surface area contributed by atoms with Crippen LogP contribution in [0.2, 0.25) is 0 Å². The van der Waals surface area contributed by atoms with Gasteiger partial charge in [-0.3, -0.25) is 14.0 Å². The van der Waals surface area contributed by atoms with E-state index in [1.807, 2.05) is 47.9 Å². The van der Waals surface area contributed by atoms with Crippen LogP contribution in [0.25, 0.3) is 16.2 Å². The third kappa shape index (κ3) is 3.30. The van der Waals surface area contributed by atoms with Crippen molar-refractivity contribution in [2.45, 2.75) is 19.8 Å². The van der Waals surface area contributed by atoms with Gasteiger partial charge < -0.3 is 10.4 Å². The number of aromatic nitrogens is 2. The van der Waals surface area contributed by atoms with Gasteiger partial charge in [-0.1, -0.05) is 41.7 Å². The molecule has 0 spiro atoms. The number of carboxylic acids is 1. The molecule has 0 saturated carbocycles. The maximum absolute atomic E-state index is 12.2. The Kier molecular flexibility index (Phi) is 4.61. The quantitative estimate of drug-likeness (QED) is 0.674. The molecule has 0 atom stereocenters. The normalized spacial score (nSPS) is 10.9. The summed E-state index contributed by atoms with van der Waals surface area (Å²) in [7, 11) is 0. The van der Waals surface area contributed by atoms with E-state index >= 15 is 0 Å². The number of rotatable bonds is 6. The number of hydrogen-bond donors (Lipinski definition) is 2. The van der Waals surface area contributed by atoms with Crippen molar-refractivity contribution < 1.29 is 14.7 Å². The van der Waals surface area contributed by atoms with Crippen molar-refractivity contribution in [1.29, 1.82) is 0 Å². The molecule has 1 amide bonds. The molecule has 3 rings (SSSR count). The highest BCUT2D eigenvalue weighted by atomic mass is 32.1. The zero-order chi connectivity index (χ0) is 17.1. The molecule has 7 heteroatoms. The molecule has 0 aliphatic heterocycles. The van der Waals surface area contributed by atoms with Crippen LogP contribution >= 0.6 is 11.3 Å². The van der Waals surface area contributed by atoms with Gasteiger partial charge in [-0.25, -0.2) is 4.98 Å². The molecule has 1 aromatic carbocycles. The molecule has 0 aliphatic carbocycles. The number of carbonyl (C=O) groups is 2. The lowest BCUT2D eigenvalue weighted by Gasteiger charge is -2.03. The number of fused-ring (bicyclic) bond motifs is 1. The summed E-state index contributed by atoms with van der Waals surface area (Å²) in [5.41, 5.74) is 2.74. The molecule has 0 saturated heterocycles. The Morgan fingerprint density at radius 1 is 1.29 bits per heavy atom. The number of aryl methyl sites for hydroxylation is 1. The zero-order valence-electron chi connectivity index (χ0n) is 13.2. The van der Waals surface area contributed by atoms with Crippen molar-refractivity contribution in [3.63, 3.8) is 0 Å². The average molecular weight is 343 g/mol. The van der Waals surface area contributed by atoms with Crippen LogP contribution in [0, 0.1) is 6.92 Å². The highest BCUT2D eigenvalue weighted by Crippen LogP contribution is 2.26. The van der Waals surface area contributed by atoms with Gasteiger partial charge in [-0.15, -0.1) is 0 Å². The van der Waals surface area contributed by atoms with Gasteiger partial charge in [0.1, 0.15) is 4.88 Å². The first-order chi connectivity index (χ1) is 11.6. The minimum Gasteiger partial charge on any atom is -0.481 e. The van der Waals surface area contributed by atoms with Crippen LogP contribution in [0.1, 0.15) is 28.2 Å². The summed E-state index contributed by atoms with van der Waals surface area (Å²) in [6, 6.07) is 9.88. The van der Waals surface area contributed by atoms with Crippen molar-refractivity contribution in [2.24, 2.45) is 0 Å². The molecule has 124 valence electrons. The monoisotopic (exact) mass is 343 g/mol. The molecule has 6 nitrogen and oxygen atoms in total. The summed E-state index contributed by atoms with van der Waals surface area (Å²) in [4.78, 5) is 28.7. The van der Waals surface area contributed by atoms with E-state index in [1.54, 1.807) is 0 Å². The number of nitrogens with one attached hydrogen (secondary N) is 1. The van der Waals surface area contributed by atoms with Gasteiger partial charge in [0.15, 0.2) is 4.96 Å². The van der Waals surface area contributed by atoms with Crippen molar-refractivity contribution in [2.75, 3.05) is 6.54 Å². The highest BCUT2D eigenvalue weighted by molar-refractivity contribution is 7.19. The smallest absolute Gasteiger partial charge is 0.303 e. The number of nitrogens with zero attached hydrogens (tertiary/aromatic N) is 2. The Hall–Kier alpha value is -2.67.